The molecule has 0 bridgehead atoms. The van der Waals surface area contributed by atoms with Crippen LogP contribution < -0.4 is 0 Å². The summed E-state index contributed by atoms with van der Waals surface area (Å²) in [5, 5.41) is 0. The highest BCUT2D eigenvalue weighted by Crippen LogP contribution is 2.39. The number of alkyl halides is 6. The van der Waals surface area contributed by atoms with Crippen molar-refractivity contribution in [2.45, 2.75) is 38.2 Å². The predicted octanol–water partition coefficient (Wildman–Crippen LogP) is 5.90. The highest BCUT2D eigenvalue weighted by atomic mass is 19.4. The third kappa shape index (κ3) is 6.27. The van der Waals surface area contributed by atoms with Crippen molar-refractivity contribution >= 4 is 12.0 Å². The zero-order chi connectivity index (χ0) is 22.9. The van der Waals surface area contributed by atoms with Gasteiger partial charge in [-0.05, 0) is 49.4 Å². The average Bonchev–Trinajstić information content (AvgIpc) is 3.45. The van der Waals surface area contributed by atoms with Crippen molar-refractivity contribution in [1.82, 2.24) is 9.80 Å². The number of halogens is 6. The molecule has 0 N–H and O–H groups in total. The Morgan fingerprint density at radius 2 is 1.57 bits per heavy atom. The first-order valence-electron chi connectivity index (χ1n) is 9.35. The van der Waals surface area contributed by atoms with Crippen molar-refractivity contribution in [3.8, 4) is 0 Å². The second kappa shape index (κ2) is 8.73. The predicted molar refractivity (Wildman–Crippen MR) is 106 cm³/mol. The van der Waals surface area contributed by atoms with Gasteiger partial charge in [-0.1, -0.05) is 13.2 Å². The average molecular weight is 433 g/mol. The number of hydrogen-bond donors (Lipinski definition) is 0. The summed E-state index contributed by atoms with van der Waals surface area (Å²) < 4.78 is 79.4. The van der Waals surface area contributed by atoms with Gasteiger partial charge >= 0.3 is 12.4 Å². The minimum Gasteiger partial charge on any atom is -0.369 e. The van der Waals surface area contributed by atoms with Gasteiger partial charge in [0, 0.05) is 26.3 Å². The highest BCUT2D eigenvalue weighted by Gasteiger charge is 2.38. The molecule has 0 spiro atoms. The smallest absolute Gasteiger partial charge is 0.369 e. The lowest BCUT2D eigenvalue weighted by atomic mass is 10.0. The maximum Gasteiger partial charge on any atom is 0.416 e. The highest BCUT2D eigenvalue weighted by molar-refractivity contribution is 5.65. The summed E-state index contributed by atoms with van der Waals surface area (Å²) >= 11 is 0. The van der Waals surface area contributed by atoms with Crippen LogP contribution in [0.2, 0.25) is 0 Å². The van der Waals surface area contributed by atoms with E-state index in [2.05, 4.69) is 18.2 Å². The van der Waals surface area contributed by atoms with E-state index >= 15 is 0 Å². The molecule has 0 radical (unpaired) electrons. The zero-order valence-corrected chi connectivity index (χ0v) is 17.1. The Bertz CT molecular complexity index is 787. The van der Waals surface area contributed by atoms with Gasteiger partial charge in [0.05, 0.1) is 29.2 Å². The summed E-state index contributed by atoms with van der Waals surface area (Å²) in [5.41, 5.74) is -2.45. The normalized spacial score (nSPS) is 15.9. The first kappa shape index (κ1) is 23.8. The summed E-state index contributed by atoms with van der Waals surface area (Å²) in [7, 11) is 3.54. The van der Waals surface area contributed by atoms with Crippen LogP contribution in [-0.2, 0) is 12.4 Å². The molecule has 9 heteroatoms. The lowest BCUT2D eigenvalue weighted by Gasteiger charge is -2.33. The Hall–Kier alpha value is -2.45. The first-order chi connectivity index (χ1) is 13.7. The van der Waals surface area contributed by atoms with Gasteiger partial charge in [-0.3, -0.25) is 0 Å². The molecule has 1 fully saturated rings. The van der Waals surface area contributed by atoms with Crippen LogP contribution >= 0.6 is 0 Å². The molecular weight excluding hydrogens is 408 g/mol. The maximum absolute atomic E-state index is 13.2. The van der Waals surface area contributed by atoms with Crippen molar-refractivity contribution in [3.05, 3.63) is 53.7 Å². The van der Waals surface area contributed by atoms with E-state index in [-0.39, 0.29) is 17.3 Å². The number of hydrogen-bond acceptors (Lipinski definition) is 2. The van der Waals surface area contributed by atoms with E-state index in [1.165, 1.54) is 6.34 Å². The van der Waals surface area contributed by atoms with Gasteiger partial charge in [-0.2, -0.15) is 26.3 Å². The fourth-order valence-electron chi connectivity index (χ4n) is 2.85. The molecule has 1 saturated carbocycles. The van der Waals surface area contributed by atoms with Crippen molar-refractivity contribution in [3.63, 3.8) is 0 Å². The Kier molecular flexibility index (Phi) is 6.94. The van der Waals surface area contributed by atoms with Crippen molar-refractivity contribution < 1.29 is 26.3 Å². The van der Waals surface area contributed by atoms with Crippen LogP contribution in [0.25, 0.3) is 5.70 Å². The fraction of sp³-hybridized carbons (Fsp3) is 0.476. The van der Waals surface area contributed by atoms with Crippen LogP contribution in [0.15, 0.2) is 42.0 Å². The molecule has 1 aliphatic rings. The van der Waals surface area contributed by atoms with Crippen LogP contribution in [0.5, 0.6) is 0 Å². The molecule has 3 nitrogen and oxygen atoms in total. The van der Waals surface area contributed by atoms with Crippen molar-refractivity contribution in [2.24, 2.45) is 10.9 Å². The molecule has 1 aromatic carbocycles. The molecule has 0 aromatic heterocycles. The number of nitrogens with zero attached hydrogens (tertiary/aromatic N) is 3. The zero-order valence-electron chi connectivity index (χ0n) is 17.1. The monoisotopic (exact) mass is 433 g/mol. The molecular formula is C21H25F6N3. The summed E-state index contributed by atoms with van der Waals surface area (Å²) in [6.07, 6.45) is -6.41. The van der Waals surface area contributed by atoms with Gasteiger partial charge in [0.1, 0.15) is 0 Å². The quantitative estimate of drug-likeness (QED) is 0.289. The van der Waals surface area contributed by atoms with Gasteiger partial charge in [0.2, 0.25) is 0 Å². The van der Waals surface area contributed by atoms with E-state index in [4.69, 9.17) is 0 Å². The largest absolute Gasteiger partial charge is 0.416 e. The standard InChI is InChI=1S/C21H25F6N3/c1-13(28-12-29(4)5)14(2)30(11-16-6-7-16)15(3)17-8-18(20(22,23)24)10-19(9-17)21(25,26)27/h8-10,12,14,16H,1,3,6-7,11H2,2,4-5H3/b28-12-. The van der Waals surface area contributed by atoms with E-state index in [1.807, 2.05) is 0 Å². The molecule has 2 rings (SSSR count). The van der Waals surface area contributed by atoms with E-state index in [0.29, 0.717) is 30.3 Å². The van der Waals surface area contributed by atoms with Gasteiger partial charge in [0.15, 0.2) is 0 Å². The topological polar surface area (TPSA) is 18.8 Å². The van der Waals surface area contributed by atoms with Crippen LogP contribution in [0.1, 0.15) is 36.5 Å². The van der Waals surface area contributed by atoms with Crippen LogP contribution in [-0.4, -0.2) is 42.8 Å². The summed E-state index contributed by atoms with van der Waals surface area (Å²) in [4.78, 5) is 7.60. The summed E-state index contributed by atoms with van der Waals surface area (Å²) in [6.45, 7) is 9.94. The van der Waals surface area contributed by atoms with Crippen LogP contribution in [0.4, 0.5) is 26.3 Å². The molecule has 0 aliphatic heterocycles. The van der Waals surface area contributed by atoms with Crippen LogP contribution in [0, 0.1) is 5.92 Å². The Morgan fingerprint density at radius 3 is 1.97 bits per heavy atom. The fourth-order valence-corrected chi connectivity index (χ4v) is 2.85. The minimum atomic E-state index is -4.91. The second-order valence-corrected chi connectivity index (χ2v) is 7.71. The van der Waals surface area contributed by atoms with E-state index < -0.39 is 29.5 Å². The molecule has 30 heavy (non-hydrogen) atoms. The van der Waals surface area contributed by atoms with Gasteiger partial charge in [0.25, 0.3) is 0 Å². The maximum atomic E-state index is 13.2. The second-order valence-electron chi connectivity index (χ2n) is 7.71. The number of rotatable bonds is 8. The Labute approximate surface area is 172 Å². The number of benzene rings is 1. The molecule has 1 aromatic rings. The lowest BCUT2D eigenvalue weighted by Crippen LogP contribution is -2.34. The number of aliphatic imine (C=N–C) groups is 1. The van der Waals surface area contributed by atoms with Crippen LogP contribution in [0.3, 0.4) is 0 Å². The SMILES string of the molecule is C=C(/N=C\N(C)C)C(C)N(CC1CC1)C(=C)c1cc(C(F)(F)F)cc(C(F)(F)F)c1. The Morgan fingerprint density at radius 1 is 1.07 bits per heavy atom. The van der Waals surface area contributed by atoms with E-state index in [0.717, 1.165) is 12.8 Å². The first-order valence-corrected chi connectivity index (χ1v) is 9.35. The molecule has 0 amide bonds. The molecule has 0 heterocycles. The molecule has 166 valence electrons. The van der Waals surface area contributed by atoms with E-state index in [9.17, 15) is 26.3 Å². The molecule has 0 saturated heterocycles. The lowest BCUT2D eigenvalue weighted by molar-refractivity contribution is -0.143. The van der Waals surface area contributed by atoms with Crippen molar-refractivity contribution in [1.29, 1.82) is 0 Å². The molecule has 1 atom stereocenters. The molecule has 1 aliphatic carbocycles. The van der Waals surface area contributed by atoms with E-state index in [1.54, 1.807) is 30.8 Å². The van der Waals surface area contributed by atoms with Crippen molar-refractivity contribution in [2.75, 3.05) is 20.6 Å². The minimum absolute atomic E-state index is 0.0761. The third-order valence-corrected chi connectivity index (χ3v) is 4.82. The molecule has 1 unspecified atom stereocenters. The third-order valence-electron chi connectivity index (χ3n) is 4.82. The Balaban J connectivity index is 2.45. The van der Waals surface area contributed by atoms with Gasteiger partial charge in [-0.15, -0.1) is 0 Å². The van der Waals surface area contributed by atoms with Gasteiger partial charge < -0.3 is 9.80 Å². The summed E-state index contributed by atoms with van der Waals surface area (Å²) in [5.74, 6) is 0.308. The summed E-state index contributed by atoms with van der Waals surface area (Å²) in [6, 6.07) is 1.07. The van der Waals surface area contributed by atoms with Gasteiger partial charge in [-0.25, -0.2) is 4.99 Å².